The van der Waals surface area contributed by atoms with Crippen LogP contribution in [-0.4, -0.2) is 84.3 Å². The number of anilines is 2. The molecule has 2 saturated heterocycles. The molecule has 3 heterocycles. The predicted molar refractivity (Wildman–Crippen MR) is 164 cm³/mol. The summed E-state index contributed by atoms with van der Waals surface area (Å²) in [6.07, 6.45) is 5.29. The summed E-state index contributed by atoms with van der Waals surface area (Å²) < 4.78 is 33.2. The smallest absolute Gasteiger partial charge is 0.245 e. The first-order valence-electron chi connectivity index (χ1n) is 14.6. The molecule has 2 aromatic carbocycles. The van der Waals surface area contributed by atoms with Crippen LogP contribution in [0.2, 0.25) is 10.0 Å². The van der Waals surface area contributed by atoms with E-state index in [1.54, 1.807) is 0 Å². The van der Waals surface area contributed by atoms with Gasteiger partial charge in [0.15, 0.2) is 17.3 Å². The van der Waals surface area contributed by atoms with Crippen LogP contribution in [0.15, 0.2) is 43.2 Å². The van der Waals surface area contributed by atoms with Gasteiger partial charge < -0.3 is 24.4 Å². The summed E-state index contributed by atoms with van der Waals surface area (Å²) in [5.41, 5.74) is 0.762. The first-order valence-corrected chi connectivity index (χ1v) is 15.4. The minimum atomic E-state index is -0.668. The zero-order chi connectivity index (χ0) is 29.9. The molecule has 1 N–H and O–H groups in total. The molecule has 0 spiro atoms. The van der Waals surface area contributed by atoms with Crippen LogP contribution >= 0.6 is 23.2 Å². The summed E-state index contributed by atoms with van der Waals surface area (Å²) in [4.78, 5) is 25.2. The number of halogens is 3. The molecule has 9 nitrogen and oxygen atoms in total. The number of morpholine rings is 1. The van der Waals surface area contributed by atoms with Crippen molar-refractivity contribution in [3.05, 3.63) is 59.1 Å². The lowest BCUT2D eigenvalue weighted by atomic mass is 10.0. The van der Waals surface area contributed by atoms with Crippen LogP contribution < -0.4 is 14.8 Å². The van der Waals surface area contributed by atoms with Crippen molar-refractivity contribution in [2.24, 2.45) is 11.8 Å². The molecule has 1 aliphatic carbocycles. The number of benzene rings is 2. The zero-order valence-electron chi connectivity index (χ0n) is 23.7. The number of nitrogens with zero attached hydrogens (tertiary/aromatic N) is 4. The quantitative estimate of drug-likeness (QED) is 0.173. The molecule has 3 aromatic rings. The van der Waals surface area contributed by atoms with Crippen LogP contribution in [-0.2, 0) is 9.53 Å². The number of hydrogen-bond acceptors (Lipinski definition) is 8. The maximum absolute atomic E-state index is 14.9. The lowest BCUT2D eigenvalue weighted by Gasteiger charge is -2.26. The van der Waals surface area contributed by atoms with E-state index >= 15 is 0 Å². The highest BCUT2D eigenvalue weighted by molar-refractivity contribution is 6.42. The number of carbonyl (C=O) groups excluding carboxylic acids is 1. The van der Waals surface area contributed by atoms with Gasteiger partial charge in [-0.25, -0.2) is 14.4 Å². The maximum atomic E-state index is 14.9. The molecule has 1 aromatic heterocycles. The van der Waals surface area contributed by atoms with Crippen molar-refractivity contribution < 1.29 is 23.4 Å². The van der Waals surface area contributed by atoms with Gasteiger partial charge in [-0.3, -0.25) is 9.69 Å². The molecule has 0 bridgehead atoms. The minimum Gasteiger partial charge on any atom is -0.490 e. The summed E-state index contributed by atoms with van der Waals surface area (Å²) in [7, 11) is 0. The van der Waals surface area contributed by atoms with Crippen molar-refractivity contribution in [3.63, 3.8) is 0 Å². The fourth-order valence-corrected chi connectivity index (χ4v) is 6.55. The van der Waals surface area contributed by atoms with Gasteiger partial charge in [-0.05, 0) is 55.4 Å². The Labute approximate surface area is 259 Å². The average Bonchev–Trinajstić information content (AvgIpc) is 3.59. The largest absolute Gasteiger partial charge is 0.490 e. The second-order valence-corrected chi connectivity index (χ2v) is 12.0. The van der Waals surface area contributed by atoms with Crippen LogP contribution in [0.3, 0.4) is 0 Å². The Morgan fingerprint density at radius 3 is 2.65 bits per heavy atom. The van der Waals surface area contributed by atoms with Crippen molar-refractivity contribution in [3.8, 4) is 11.5 Å². The van der Waals surface area contributed by atoms with E-state index in [9.17, 15) is 9.18 Å². The van der Waals surface area contributed by atoms with Crippen LogP contribution in [0.5, 0.6) is 11.5 Å². The second kappa shape index (κ2) is 13.2. The molecule has 43 heavy (non-hydrogen) atoms. The van der Waals surface area contributed by atoms with Gasteiger partial charge in [0, 0.05) is 44.2 Å². The fourth-order valence-electron chi connectivity index (χ4n) is 6.24. The van der Waals surface area contributed by atoms with Crippen molar-refractivity contribution >= 4 is 51.5 Å². The highest BCUT2D eigenvalue weighted by Crippen LogP contribution is 2.43. The molecule has 1 saturated carbocycles. The van der Waals surface area contributed by atoms with Crippen molar-refractivity contribution in [2.45, 2.75) is 25.4 Å². The van der Waals surface area contributed by atoms with E-state index in [2.05, 4.69) is 26.8 Å². The third-order valence-electron chi connectivity index (χ3n) is 8.46. The number of hydrogen-bond donors (Lipinski definition) is 1. The number of aromatic nitrogens is 2. The van der Waals surface area contributed by atoms with Crippen LogP contribution in [0, 0.1) is 17.7 Å². The van der Waals surface area contributed by atoms with Gasteiger partial charge in [-0.2, -0.15) is 0 Å². The predicted octanol–water partition coefficient (Wildman–Crippen LogP) is 5.72. The van der Waals surface area contributed by atoms with E-state index in [-0.39, 0.29) is 27.7 Å². The summed E-state index contributed by atoms with van der Waals surface area (Å²) in [5.74, 6) is 1.64. The Balaban J connectivity index is 1.23. The standard InChI is InChI=1S/C31H34Cl2FN5O4/c1-2-28(40)39-16-19-12-21(13-20(19)17-39)43-27-14-22-25(15-26(27)42-9-3-6-38-7-10-41-11-8-38)35-18-36-31(22)37-24-5-4-23(32)29(33)30(24)34/h2,4-5,14-15,18-21H,1,3,6-13,16-17H2,(H,35,36,37)/t19-,20+,21?. The van der Waals surface area contributed by atoms with Crippen molar-refractivity contribution in [1.29, 1.82) is 0 Å². The highest BCUT2D eigenvalue weighted by Gasteiger charge is 2.43. The lowest BCUT2D eigenvalue weighted by molar-refractivity contribution is -0.125. The molecule has 1 amide bonds. The van der Waals surface area contributed by atoms with Gasteiger partial charge in [-0.15, -0.1) is 0 Å². The van der Waals surface area contributed by atoms with E-state index in [0.717, 1.165) is 65.2 Å². The maximum Gasteiger partial charge on any atom is 0.245 e. The minimum absolute atomic E-state index is 0.0207. The van der Waals surface area contributed by atoms with E-state index in [1.165, 1.54) is 24.5 Å². The number of fused-ring (bicyclic) bond motifs is 2. The third kappa shape index (κ3) is 6.67. The molecule has 228 valence electrons. The Hall–Kier alpha value is -3.18. The van der Waals surface area contributed by atoms with E-state index in [1.807, 2.05) is 17.0 Å². The van der Waals surface area contributed by atoms with Gasteiger partial charge >= 0.3 is 0 Å². The molecule has 2 aliphatic heterocycles. The summed E-state index contributed by atoms with van der Waals surface area (Å²) in [5, 5.41) is 3.64. The van der Waals surface area contributed by atoms with Crippen molar-refractivity contribution in [1.82, 2.24) is 19.8 Å². The number of carbonyl (C=O) groups is 1. The Morgan fingerprint density at radius 2 is 1.91 bits per heavy atom. The van der Waals surface area contributed by atoms with E-state index in [0.29, 0.717) is 46.7 Å². The fraction of sp³-hybridized carbons (Fsp3) is 0.452. The van der Waals surface area contributed by atoms with Crippen LogP contribution in [0.4, 0.5) is 15.9 Å². The molecule has 3 atom stereocenters. The van der Waals surface area contributed by atoms with E-state index < -0.39 is 5.82 Å². The Kier molecular flexibility index (Phi) is 9.18. The summed E-state index contributed by atoms with van der Waals surface area (Å²) >= 11 is 12.0. The molecule has 12 heteroatoms. The molecular formula is C31H34Cl2FN5O4. The second-order valence-electron chi connectivity index (χ2n) is 11.2. The van der Waals surface area contributed by atoms with E-state index in [4.69, 9.17) is 37.4 Å². The van der Waals surface area contributed by atoms with Gasteiger partial charge in [0.25, 0.3) is 0 Å². The third-order valence-corrected chi connectivity index (χ3v) is 9.24. The molecule has 0 radical (unpaired) electrons. The zero-order valence-corrected chi connectivity index (χ0v) is 25.2. The van der Waals surface area contributed by atoms with Gasteiger partial charge in [0.05, 0.1) is 47.2 Å². The topological polar surface area (TPSA) is 89.0 Å². The number of likely N-dealkylation sites (tertiary alicyclic amines) is 1. The van der Waals surface area contributed by atoms with Crippen LogP contribution in [0.1, 0.15) is 19.3 Å². The van der Waals surface area contributed by atoms with Gasteiger partial charge in [-0.1, -0.05) is 29.8 Å². The van der Waals surface area contributed by atoms with Crippen LogP contribution in [0.25, 0.3) is 10.9 Å². The average molecular weight is 631 g/mol. The molecular weight excluding hydrogens is 596 g/mol. The molecule has 6 rings (SSSR count). The Bertz CT molecular complexity index is 1490. The van der Waals surface area contributed by atoms with Crippen molar-refractivity contribution in [2.75, 3.05) is 57.9 Å². The monoisotopic (exact) mass is 629 g/mol. The summed E-state index contributed by atoms with van der Waals surface area (Å²) in [6, 6.07) is 6.74. The first kappa shape index (κ1) is 29.9. The number of amides is 1. The molecule has 3 aliphatic rings. The number of nitrogens with one attached hydrogen (secondary N) is 1. The van der Waals surface area contributed by atoms with Gasteiger partial charge in [0.2, 0.25) is 5.91 Å². The first-order chi connectivity index (χ1) is 20.9. The Morgan fingerprint density at radius 1 is 1.14 bits per heavy atom. The number of ether oxygens (including phenoxy) is 3. The van der Waals surface area contributed by atoms with Gasteiger partial charge in [0.1, 0.15) is 12.1 Å². The lowest BCUT2D eigenvalue weighted by Crippen LogP contribution is -2.37. The SMILES string of the molecule is C=CC(=O)N1C[C@H]2CC(Oc3cc4c(Nc5ccc(Cl)c(Cl)c5F)ncnc4cc3OCCCN3CCOCC3)C[C@H]2C1. The summed E-state index contributed by atoms with van der Waals surface area (Å²) in [6.45, 7) is 9.86. The molecule has 1 unspecified atom stereocenters. The highest BCUT2D eigenvalue weighted by atomic mass is 35.5. The molecule has 3 fully saturated rings. The normalized spacial score (nSPS) is 22.0. The number of rotatable bonds is 10.